The number of hydrogen-bond donors (Lipinski definition) is 3. The predicted molar refractivity (Wildman–Crippen MR) is 363 cm³/mol. The van der Waals surface area contributed by atoms with Gasteiger partial charge >= 0.3 is 39.5 Å². The lowest BCUT2D eigenvalue weighted by molar-refractivity contribution is -0.161. The third-order valence-electron chi connectivity index (χ3n) is 16.7. The molecule has 0 spiro atoms. The highest BCUT2D eigenvalue weighted by Crippen LogP contribution is 2.45. The fraction of sp³-hybridized carbons (Fsp3) is 0.944. The molecule has 0 amide bonds. The monoisotopic (exact) mass is 1320 g/mol. The Morgan fingerprint density at radius 3 is 0.844 bits per heavy atom. The number of rotatable bonds is 69. The Morgan fingerprint density at radius 1 is 0.322 bits per heavy atom. The van der Waals surface area contributed by atoms with Gasteiger partial charge in [0.2, 0.25) is 0 Å². The summed E-state index contributed by atoms with van der Waals surface area (Å²) in [6.07, 6.45) is 45.7. The molecule has 0 aliphatic carbocycles. The lowest BCUT2D eigenvalue weighted by Gasteiger charge is -2.21. The van der Waals surface area contributed by atoms with E-state index in [1.165, 1.54) is 167 Å². The smallest absolute Gasteiger partial charge is 0.462 e. The first kappa shape index (κ1) is 88.1. The van der Waals surface area contributed by atoms with Gasteiger partial charge in [-0.3, -0.25) is 37.3 Å². The van der Waals surface area contributed by atoms with Crippen LogP contribution in [0.25, 0.3) is 0 Å². The Kier molecular flexibility index (Phi) is 60.6. The minimum atomic E-state index is -4.95. The van der Waals surface area contributed by atoms with Crippen LogP contribution in [0.15, 0.2) is 0 Å². The molecule has 17 nitrogen and oxygen atoms in total. The van der Waals surface area contributed by atoms with Gasteiger partial charge in [-0.2, -0.15) is 0 Å². The van der Waals surface area contributed by atoms with Crippen molar-refractivity contribution in [3.05, 3.63) is 0 Å². The number of unbranched alkanes of at least 4 members (excludes halogenated alkanes) is 36. The van der Waals surface area contributed by atoms with Crippen LogP contribution in [0.1, 0.15) is 357 Å². The molecule has 0 aromatic heterocycles. The number of aliphatic hydroxyl groups excluding tert-OH is 1. The molecule has 0 aliphatic heterocycles. The van der Waals surface area contributed by atoms with Crippen LogP contribution in [-0.4, -0.2) is 96.7 Å². The zero-order chi connectivity index (χ0) is 66.6. The number of esters is 4. The van der Waals surface area contributed by atoms with Crippen LogP contribution in [0.5, 0.6) is 0 Å². The molecule has 6 atom stereocenters. The molecule has 0 radical (unpaired) electrons. The van der Waals surface area contributed by atoms with Gasteiger partial charge in [0.25, 0.3) is 0 Å². The van der Waals surface area contributed by atoms with Crippen LogP contribution in [0.2, 0.25) is 0 Å². The predicted octanol–water partition coefficient (Wildman–Crippen LogP) is 20.2. The van der Waals surface area contributed by atoms with Gasteiger partial charge in [-0.25, -0.2) is 9.13 Å². The maximum Gasteiger partial charge on any atom is 0.472 e. The van der Waals surface area contributed by atoms with Crippen LogP contribution in [0.3, 0.4) is 0 Å². The van der Waals surface area contributed by atoms with Crippen molar-refractivity contribution in [1.82, 2.24) is 0 Å². The molecule has 3 N–H and O–H groups in total. The summed E-state index contributed by atoms with van der Waals surface area (Å²) in [4.78, 5) is 72.5. The number of carbonyl (C=O) groups is 4. The minimum absolute atomic E-state index is 0.104. The van der Waals surface area contributed by atoms with Crippen LogP contribution >= 0.6 is 15.6 Å². The Balaban J connectivity index is 5.24. The van der Waals surface area contributed by atoms with E-state index in [9.17, 15) is 43.2 Å². The lowest BCUT2D eigenvalue weighted by Crippen LogP contribution is -2.30. The van der Waals surface area contributed by atoms with E-state index in [2.05, 4.69) is 48.5 Å². The van der Waals surface area contributed by atoms with E-state index >= 15 is 0 Å². The summed E-state index contributed by atoms with van der Waals surface area (Å²) in [7, 11) is -9.90. The molecule has 0 aromatic rings. The van der Waals surface area contributed by atoms with Gasteiger partial charge in [0.15, 0.2) is 12.2 Å². The maximum absolute atomic E-state index is 13.0. The van der Waals surface area contributed by atoms with Crippen LogP contribution in [0.4, 0.5) is 0 Å². The Labute approximate surface area is 549 Å². The molecule has 0 saturated carbocycles. The van der Waals surface area contributed by atoms with Crippen molar-refractivity contribution in [2.75, 3.05) is 39.6 Å². The van der Waals surface area contributed by atoms with Gasteiger partial charge in [0.05, 0.1) is 26.4 Å². The van der Waals surface area contributed by atoms with Gasteiger partial charge in [0.1, 0.15) is 19.3 Å². The van der Waals surface area contributed by atoms with E-state index in [1.54, 1.807) is 0 Å². The second-order valence-electron chi connectivity index (χ2n) is 26.8. The van der Waals surface area contributed by atoms with Gasteiger partial charge in [0, 0.05) is 25.7 Å². The van der Waals surface area contributed by atoms with E-state index in [4.69, 9.17) is 37.0 Å². The molecule has 0 heterocycles. The number of hydrogen-bond acceptors (Lipinski definition) is 15. The van der Waals surface area contributed by atoms with Crippen molar-refractivity contribution in [3.63, 3.8) is 0 Å². The number of carbonyl (C=O) groups excluding carboxylic acids is 4. The van der Waals surface area contributed by atoms with E-state index in [-0.39, 0.29) is 25.7 Å². The van der Waals surface area contributed by atoms with E-state index in [0.717, 1.165) is 108 Å². The Morgan fingerprint density at radius 2 is 0.567 bits per heavy atom. The summed E-state index contributed by atoms with van der Waals surface area (Å²) in [6.45, 7) is 11.8. The highest BCUT2D eigenvalue weighted by Gasteiger charge is 2.30. The van der Waals surface area contributed by atoms with Crippen molar-refractivity contribution in [3.8, 4) is 0 Å². The molecule has 0 aromatic carbocycles. The lowest BCUT2D eigenvalue weighted by atomic mass is 9.99. The number of phosphoric acid groups is 2. The third kappa shape index (κ3) is 63.5. The molecule has 19 heteroatoms. The number of ether oxygens (including phenoxy) is 4. The summed E-state index contributed by atoms with van der Waals surface area (Å²) < 4.78 is 68.3. The second-order valence-corrected chi connectivity index (χ2v) is 29.7. The molecular weight excluding hydrogens is 1190 g/mol. The summed E-state index contributed by atoms with van der Waals surface area (Å²) in [5.74, 6) is 0.188. The zero-order valence-electron chi connectivity index (χ0n) is 58.6. The summed E-state index contributed by atoms with van der Waals surface area (Å²) in [6, 6.07) is 0. The molecule has 0 fully saturated rings. The maximum atomic E-state index is 13.0. The standard InChI is InChI=1S/C71H138O17P2/c1-8-10-11-12-13-21-31-38-45-52-68(73)81-58-67(88-71(76)55-48-41-34-27-26-29-36-43-50-63(5)6)61-86-90(79,80)84-57-65(72)56-83-89(77,78)85-60-66(59-82-69(74)53-46-39-32-24-20-19-23-30-37-44-51-64(7)9-2)87-70(75)54-47-40-33-25-18-16-14-15-17-22-28-35-42-49-62(3)4/h62-67,72H,8-61H2,1-7H3,(H,77,78)(H,79,80)/t64?,65-,66-,67-/m1/s1. The van der Waals surface area contributed by atoms with Gasteiger partial charge in [-0.1, -0.05) is 305 Å². The van der Waals surface area contributed by atoms with Gasteiger partial charge < -0.3 is 33.8 Å². The Hall–Kier alpha value is -1.94. The van der Waals surface area contributed by atoms with Crippen molar-refractivity contribution >= 4 is 39.5 Å². The second kappa shape index (κ2) is 61.9. The average Bonchev–Trinajstić information content (AvgIpc) is 3.71. The molecule has 3 unspecified atom stereocenters. The van der Waals surface area contributed by atoms with Crippen LogP contribution in [-0.2, 0) is 65.4 Å². The Bertz CT molecular complexity index is 1770. The number of phosphoric ester groups is 2. The first-order valence-electron chi connectivity index (χ1n) is 36.9. The quantitative estimate of drug-likeness (QED) is 0.0222. The SMILES string of the molecule is CCCCCCCCCCCC(=O)OC[C@H](COP(=O)(O)OC[C@H](O)COP(=O)(O)OC[C@@H](COC(=O)CCCCCCCCCCCCC(C)CC)OC(=O)CCCCCCCCCCCCCCCC(C)C)OC(=O)CCCCCCCCCCC(C)C. The first-order valence-corrected chi connectivity index (χ1v) is 39.9. The number of aliphatic hydroxyl groups is 1. The van der Waals surface area contributed by atoms with Crippen molar-refractivity contribution in [2.45, 2.75) is 375 Å². The topological polar surface area (TPSA) is 237 Å². The van der Waals surface area contributed by atoms with Crippen molar-refractivity contribution in [1.29, 1.82) is 0 Å². The molecule has 0 saturated heterocycles. The summed E-state index contributed by atoms with van der Waals surface area (Å²) >= 11 is 0. The fourth-order valence-electron chi connectivity index (χ4n) is 10.7. The molecule has 0 aliphatic rings. The zero-order valence-corrected chi connectivity index (χ0v) is 60.4. The minimum Gasteiger partial charge on any atom is -0.462 e. The van der Waals surface area contributed by atoms with Crippen LogP contribution in [0, 0.1) is 17.8 Å². The highest BCUT2D eigenvalue weighted by atomic mass is 31.2. The molecule has 534 valence electrons. The molecule has 0 bridgehead atoms. The molecular formula is C71H138O17P2. The summed E-state index contributed by atoms with van der Waals surface area (Å²) in [5, 5.41) is 10.6. The highest BCUT2D eigenvalue weighted by molar-refractivity contribution is 7.47. The van der Waals surface area contributed by atoms with E-state index < -0.39 is 97.5 Å². The van der Waals surface area contributed by atoms with Crippen molar-refractivity contribution < 1.29 is 80.2 Å². The van der Waals surface area contributed by atoms with Crippen LogP contribution < -0.4 is 0 Å². The fourth-order valence-corrected chi connectivity index (χ4v) is 12.3. The summed E-state index contributed by atoms with van der Waals surface area (Å²) in [5.41, 5.74) is 0. The average molecular weight is 1330 g/mol. The first-order chi connectivity index (χ1) is 43.3. The van der Waals surface area contributed by atoms with Gasteiger partial charge in [-0.15, -0.1) is 0 Å². The van der Waals surface area contributed by atoms with Gasteiger partial charge in [-0.05, 0) is 43.4 Å². The van der Waals surface area contributed by atoms with E-state index in [1.807, 2.05) is 0 Å². The third-order valence-corrected chi connectivity index (χ3v) is 18.6. The normalized spacial score (nSPS) is 14.5. The van der Waals surface area contributed by atoms with E-state index in [0.29, 0.717) is 25.7 Å². The molecule has 0 rings (SSSR count). The van der Waals surface area contributed by atoms with Crippen molar-refractivity contribution in [2.24, 2.45) is 17.8 Å². The largest absolute Gasteiger partial charge is 0.472 e. The molecule has 90 heavy (non-hydrogen) atoms.